The van der Waals surface area contributed by atoms with Crippen molar-refractivity contribution in [2.75, 3.05) is 36.5 Å². The van der Waals surface area contributed by atoms with Crippen LogP contribution in [0, 0.1) is 0 Å². The van der Waals surface area contributed by atoms with E-state index in [2.05, 4.69) is 24.6 Å². The molecule has 0 aromatic carbocycles. The van der Waals surface area contributed by atoms with Gasteiger partial charge in [-0.15, -0.1) is 0 Å². The van der Waals surface area contributed by atoms with Gasteiger partial charge in [0.15, 0.2) is 5.82 Å². The second-order valence-corrected chi connectivity index (χ2v) is 6.09. The lowest BCUT2D eigenvalue weighted by Gasteiger charge is -2.32. The van der Waals surface area contributed by atoms with Gasteiger partial charge >= 0.3 is 0 Å². The number of rotatable bonds is 5. The largest absolute Gasteiger partial charge is 0.373 e. The molecule has 0 unspecified atom stereocenters. The van der Waals surface area contributed by atoms with Crippen molar-refractivity contribution < 1.29 is 4.74 Å². The molecule has 23 heavy (non-hydrogen) atoms. The highest BCUT2D eigenvalue weighted by Gasteiger charge is 2.23. The second kappa shape index (κ2) is 7.05. The first-order chi connectivity index (χ1) is 11.2. The van der Waals surface area contributed by atoms with Crippen LogP contribution >= 0.6 is 11.5 Å². The van der Waals surface area contributed by atoms with Gasteiger partial charge in [-0.1, -0.05) is 6.92 Å². The maximum absolute atomic E-state index is 11.9. The van der Waals surface area contributed by atoms with Crippen molar-refractivity contribution >= 4 is 22.5 Å². The highest BCUT2D eigenvalue weighted by Crippen LogP contribution is 2.20. The molecule has 1 saturated heterocycles. The van der Waals surface area contributed by atoms with Crippen LogP contribution in [0.2, 0.25) is 0 Å². The van der Waals surface area contributed by atoms with Crippen LogP contribution in [-0.4, -0.2) is 51.3 Å². The monoisotopic (exact) mass is 336 g/mol. The van der Waals surface area contributed by atoms with Gasteiger partial charge in [0.25, 0.3) is 5.56 Å². The molecule has 0 spiro atoms. The lowest BCUT2D eigenvalue weighted by atomic mass is 10.3. The third-order valence-electron chi connectivity index (χ3n) is 3.70. The number of morpholine rings is 1. The zero-order valence-electron chi connectivity index (χ0n) is 13.2. The molecule has 1 aliphatic rings. The first kappa shape index (κ1) is 15.9. The third-order valence-corrected chi connectivity index (χ3v) is 4.51. The molecule has 124 valence electrons. The summed E-state index contributed by atoms with van der Waals surface area (Å²) in [6.07, 6.45) is 4.05. The SMILES string of the molecule is CCc1nsc(N2CCO[C@@H](CNc3nccn(C)c3=O)C2)n1. The van der Waals surface area contributed by atoms with Crippen molar-refractivity contribution in [2.24, 2.45) is 7.05 Å². The van der Waals surface area contributed by atoms with Crippen LogP contribution in [0.4, 0.5) is 10.9 Å². The standard InChI is InChI=1S/C14H20N6O2S/c1-3-11-17-14(23-18-11)20-6-7-22-10(9-20)8-16-12-13(21)19(2)5-4-15-12/h4-5,10H,3,6-9H2,1-2H3,(H,15,16)/t10-/m0/s1. The number of nitrogens with zero attached hydrogens (tertiary/aromatic N) is 5. The number of hydrogen-bond donors (Lipinski definition) is 1. The summed E-state index contributed by atoms with van der Waals surface area (Å²) in [5, 5.41) is 4.02. The Morgan fingerprint density at radius 3 is 3.17 bits per heavy atom. The maximum Gasteiger partial charge on any atom is 0.293 e. The minimum atomic E-state index is -0.142. The van der Waals surface area contributed by atoms with Crippen molar-refractivity contribution in [2.45, 2.75) is 19.4 Å². The minimum absolute atomic E-state index is 0.0237. The molecule has 1 aliphatic heterocycles. The Hall–Kier alpha value is -2.00. The number of aromatic nitrogens is 4. The predicted molar refractivity (Wildman–Crippen MR) is 89.2 cm³/mol. The fraction of sp³-hybridized carbons (Fsp3) is 0.571. The Bertz CT molecular complexity index is 715. The first-order valence-corrected chi connectivity index (χ1v) is 8.39. The van der Waals surface area contributed by atoms with Gasteiger partial charge in [0.1, 0.15) is 5.82 Å². The van der Waals surface area contributed by atoms with E-state index in [1.807, 2.05) is 6.92 Å². The van der Waals surface area contributed by atoms with Gasteiger partial charge in [0, 0.05) is 57.0 Å². The van der Waals surface area contributed by atoms with Crippen molar-refractivity contribution in [3.05, 3.63) is 28.6 Å². The highest BCUT2D eigenvalue weighted by atomic mass is 32.1. The van der Waals surface area contributed by atoms with Crippen molar-refractivity contribution in [1.29, 1.82) is 0 Å². The summed E-state index contributed by atoms with van der Waals surface area (Å²) in [6, 6.07) is 0. The van der Waals surface area contributed by atoms with Gasteiger partial charge in [-0.05, 0) is 0 Å². The lowest BCUT2D eigenvalue weighted by molar-refractivity contribution is 0.0492. The topological polar surface area (TPSA) is 85.2 Å². The molecule has 2 aromatic heterocycles. The van der Waals surface area contributed by atoms with E-state index in [9.17, 15) is 4.79 Å². The molecule has 3 rings (SSSR count). The molecule has 1 fully saturated rings. The molecule has 1 N–H and O–H groups in total. The zero-order chi connectivity index (χ0) is 16.2. The van der Waals surface area contributed by atoms with Crippen molar-refractivity contribution in [1.82, 2.24) is 18.9 Å². The van der Waals surface area contributed by atoms with E-state index in [1.165, 1.54) is 16.1 Å². The molecule has 0 radical (unpaired) electrons. The summed E-state index contributed by atoms with van der Waals surface area (Å²) >= 11 is 1.42. The van der Waals surface area contributed by atoms with Crippen LogP contribution in [0.5, 0.6) is 0 Å². The van der Waals surface area contributed by atoms with Crippen molar-refractivity contribution in [3.63, 3.8) is 0 Å². The zero-order valence-corrected chi connectivity index (χ0v) is 14.0. The van der Waals surface area contributed by atoms with E-state index in [1.54, 1.807) is 19.4 Å². The summed E-state index contributed by atoms with van der Waals surface area (Å²) < 4.78 is 11.6. The molecule has 0 saturated carbocycles. The minimum Gasteiger partial charge on any atom is -0.373 e. The Morgan fingerprint density at radius 2 is 2.39 bits per heavy atom. The third kappa shape index (κ3) is 3.67. The molecule has 1 atom stereocenters. The molecular weight excluding hydrogens is 316 g/mol. The Labute approximate surface area is 138 Å². The maximum atomic E-state index is 11.9. The Balaban J connectivity index is 1.60. The van der Waals surface area contributed by atoms with Crippen LogP contribution in [-0.2, 0) is 18.2 Å². The number of hydrogen-bond acceptors (Lipinski definition) is 8. The number of nitrogens with one attached hydrogen (secondary N) is 1. The van der Waals surface area contributed by atoms with E-state index in [0.29, 0.717) is 19.0 Å². The van der Waals surface area contributed by atoms with Crippen LogP contribution < -0.4 is 15.8 Å². The molecule has 0 aliphatic carbocycles. The van der Waals surface area contributed by atoms with Crippen LogP contribution in [0.15, 0.2) is 17.2 Å². The molecule has 9 heteroatoms. The summed E-state index contributed by atoms with van der Waals surface area (Å²) in [7, 11) is 1.70. The van der Waals surface area contributed by atoms with Gasteiger partial charge in [-0.3, -0.25) is 4.79 Å². The molecular formula is C14H20N6O2S. The van der Waals surface area contributed by atoms with Gasteiger partial charge in [-0.25, -0.2) is 9.97 Å². The molecule has 0 bridgehead atoms. The van der Waals surface area contributed by atoms with Gasteiger partial charge < -0.3 is 19.5 Å². The summed E-state index contributed by atoms with van der Waals surface area (Å²) in [6.45, 7) is 4.74. The molecule has 0 amide bonds. The number of aryl methyl sites for hydroxylation is 2. The lowest BCUT2D eigenvalue weighted by Crippen LogP contribution is -2.45. The van der Waals surface area contributed by atoms with E-state index < -0.39 is 0 Å². The van der Waals surface area contributed by atoms with E-state index in [0.717, 1.165) is 30.5 Å². The molecule has 3 heterocycles. The van der Waals surface area contributed by atoms with Gasteiger partial charge in [-0.2, -0.15) is 4.37 Å². The van der Waals surface area contributed by atoms with Crippen molar-refractivity contribution in [3.8, 4) is 0 Å². The smallest absolute Gasteiger partial charge is 0.293 e. The second-order valence-electron chi connectivity index (χ2n) is 5.36. The Morgan fingerprint density at radius 1 is 1.52 bits per heavy atom. The average molecular weight is 336 g/mol. The predicted octanol–water partition coefficient (Wildman–Crippen LogP) is 0.512. The number of anilines is 2. The summed E-state index contributed by atoms with van der Waals surface area (Å²) in [5.74, 6) is 1.23. The summed E-state index contributed by atoms with van der Waals surface area (Å²) in [4.78, 5) is 22.7. The van der Waals surface area contributed by atoms with Crippen LogP contribution in [0.3, 0.4) is 0 Å². The average Bonchev–Trinajstić information content (AvgIpc) is 3.06. The van der Waals surface area contributed by atoms with Gasteiger partial charge in [0.2, 0.25) is 5.13 Å². The fourth-order valence-electron chi connectivity index (χ4n) is 2.36. The van der Waals surface area contributed by atoms with E-state index >= 15 is 0 Å². The van der Waals surface area contributed by atoms with Crippen LogP contribution in [0.25, 0.3) is 0 Å². The highest BCUT2D eigenvalue weighted by molar-refractivity contribution is 7.09. The fourth-order valence-corrected chi connectivity index (χ4v) is 3.15. The quantitative estimate of drug-likeness (QED) is 0.851. The first-order valence-electron chi connectivity index (χ1n) is 7.62. The molecule has 8 nitrogen and oxygen atoms in total. The number of ether oxygens (including phenoxy) is 1. The van der Waals surface area contributed by atoms with Crippen LogP contribution in [0.1, 0.15) is 12.7 Å². The molecule has 2 aromatic rings. The summed E-state index contributed by atoms with van der Waals surface area (Å²) in [5.41, 5.74) is -0.142. The van der Waals surface area contributed by atoms with E-state index in [4.69, 9.17) is 4.74 Å². The Kier molecular flexibility index (Phi) is 4.87. The van der Waals surface area contributed by atoms with E-state index in [-0.39, 0.29) is 11.7 Å². The van der Waals surface area contributed by atoms with Gasteiger partial charge in [0.05, 0.1) is 12.7 Å². The normalized spacial score (nSPS) is 18.2.